The average molecular weight is 287 g/mol. The molecule has 0 radical (unpaired) electrons. The number of benzene rings is 1. The van der Waals surface area contributed by atoms with Gasteiger partial charge in [0.05, 0.1) is 0 Å². The lowest BCUT2D eigenvalue weighted by atomic mass is 10.0. The van der Waals surface area contributed by atoms with Crippen LogP contribution in [0.15, 0.2) is 28.7 Å². The van der Waals surface area contributed by atoms with Crippen molar-refractivity contribution in [2.24, 2.45) is 0 Å². The molecular formula is C16H21N3O2. The molecule has 0 saturated carbocycles. The van der Waals surface area contributed by atoms with Crippen LogP contribution in [-0.2, 0) is 0 Å². The molecule has 1 saturated heterocycles. The predicted molar refractivity (Wildman–Crippen MR) is 83.2 cm³/mol. The molecule has 5 heteroatoms. The van der Waals surface area contributed by atoms with Crippen LogP contribution in [-0.4, -0.2) is 48.9 Å². The van der Waals surface area contributed by atoms with Crippen LogP contribution in [0.1, 0.15) is 23.4 Å². The maximum absolute atomic E-state index is 12.6. The number of carbonyl (C=O) groups excluding carboxylic acids is 1. The van der Waals surface area contributed by atoms with Crippen LogP contribution in [0, 0.1) is 0 Å². The molecule has 112 valence electrons. The molecule has 21 heavy (non-hydrogen) atoms. The van der Waals surface area contributed by atoms with E-state index in [1.807, 2.05) is 11.0 Å². The summed E-state index contributed by atoms with van der Waals surface area (Å²) in [6.07, 6.45) is 2.16. The number of likely N-dealkylation sites (N-methyl/N-ethyl adjacent to an activating group) is 1. The summed E-state index contributed by atoms with van der Waals surface area (Å²) in [5.74, 6) is 0.367. The second-order valence-electron chi connectivity index (χ2n) is 5.92. The third-order valence-corrected chi connectivity index (χ3v) is 4.17. The quantitative estimate of drug-likeness (QED) is 0.860. The summed E-state index contributed by atoms with van der Waals surface area (Å²) in [7, 11) is 4.12. The topological polar surface area (TPSA) is 62.7 Å². The summed E-state index contributed by atoms with van der Waals surface area (Å²) in [4.78, 5) is 16.7. The molecule has 1 unspecified atom stereocenters. The Bertz CT molecular complexity index is 663. The number of carbonyl (C=O) groups is 1. The number of piperidine rings is 1. The van der Waals surface area contributed by atoms with Crippen LogP contribution in [0.25, 0.3) is 11.0 Å². The van der Waals surface area contributed by atoms with Crippen molar-refractivity contribution in [3.05, 3.63) is 30.0 Å². The van der Waals surface area contributed by atoms with E-state index in [1.165, 1.54) is 0 Å². The fraction of sp³-hybridized carbons (Fsp3) is 0.438. The minimum absolute atomic E-state index is 0.0312. The van der Waals surface area contributed by atoms with Crippen molar-refractivity contribution in [2.75, 3.05) is 32.9 Å². The van der Waals surface area contributed by atoms with Gasteiger partial charge < -0.3 is 20.0 Å². The second kappa shape index (κ2) is 5.41. The van der Waals surface area contributed by atoms with Gasteiger partial charge in [-0.25, -0.2) is 0 Å². The van der Waals surface area contributed by atoms with Crippen molar-refractivity contribution in [1.29, 1.82) is 0 Å². The number of hydrogen-bond acceptors (Lipinski definition) is 4. The lowest BCUT2D eigenvalue weighted by Crippen LogP contribution is -2.47. The first-order valence-electron chi connectivity index (χ1n) is 7.29. The standard InChI is InChI=1S/C16H21N3O2/c1-18(2)13-4-3-7-19(10-13)16(20)15-9-11-8-12(17)5-6-14(11)21-15/h5-6,8-9,13H,3-4,7,10,17H2,1-2H3. The molecule has 1 aliphatic heterocycles. The minimum Gasteiger partial charge on any atom is -0.451 e. The van der Waals surface area contributed by atoms with Gasteiger partial charge in [-0.15, -0.1) is 0 Å². The van der Waals surface area contributed by atoms with Crippen molar-refractivity contribution in [1.82, 2.24) is 9.80 Å². The zero-order chi connectivity index (χ0) is 15.0. The van der Waals surface area contributed by atoms with E-state index in [4.69, 9.17) is 10.2 Å². The number of rotatable bonds is 2. The number of nitrogen functional groups attached to an aromatic ring is 1. The highest BCUT2D eigenvalue weighted by Gasteiger charge is 2.27. The van der Waals surface area contributed by atoms with Gasteiger partial charge in [-0.1, -0.05) is 0 Å². The monoisotopic (exact) mass is 287 g/mol. The molecular weight excluding hydrogens is 266 g/mol. The van der Waals surface area contributed by atoms with Crippen molar-refractivity contribution >= 4 is 22.6 Å². The van der Waals surface area contributed by atoms with Gasteiger partial charge in [0.1, 0.15) is 5.58 Å². The first-order chi connectivity index (χ1) is 10.0. The lowest BCUT2D eigenvalue weighted by Gasteiger charge is -2.35. The number of nitrogens with zero attached hydrogens (tertiary/aromatic N) is 2. The van der Waals surface area contributed by atoms with Crippen molar-refractivity contribution in [2.45, 2.75) is 18.9 Å². The molecule has 1 amide bonds. The summed E-state index contributed by atoms with van der Waals surface area (Å²) in [6.45, 7) is 1.55. The molecule has 1 aromatic carbocycles. The Kier molecular flexibility index (Phi) is 3.59. The summed E-state index contributed by atoms with van der Waals surface area (Å²) >= 11 is 0. The highest BCUT2D eigenvalue weighted by atomic mass is 16.3. The molecule has 0 bridgehead atoms. The number of fused-ring (bicyclic) bond motifs is 1. The summed E-state index contributed by atoms with van der Waals surface area (Å²) in [6, 6.07) is 7.62. The smallest absolute Gasteiger partial charge is 0.289 e. The SMILES string of the molecule is CN(C)C1CCCN(C(=O)c2cc3cc(N)ccc3o2)C1. The zero-order valence-corrected chi connectivity index (χ0v) is 12.5. The van der Waals surface area contributed by atoms with E-state index in [9.17, 15) is 4.79 Å². The van der Waals surface area contributed by atoms with Crippen LogP contribution < -0.4 is 5.73 Å². The molecule has 1 atom stereocenters. The Morgan fingerprint density at radius 2 is 2.19 bits per heavy atom. The molecule has 0 aliphatic carbocycles. The molecule has 3 rings (SSSR count). The van der Waals surface area contributed by atoms with Crippen LogP contribution >= 0.6 is 0 Å². The van der Waals surface area contributed by atoms with Gasteiger partial charge in [0.2, 0.25) is 0 Å². The fourth-order valence-corrected chi connectivity index (χ4v) is 2.88. The second-order valence-corrected chi connectivity index (χ2v) is 5.92. The van der Waals surface area contributed by atoms with Gasteiger partial charge in [0.15, 0.2) is 5.76 Å². The van der Waals surface area contributed by atoms with Gasteiger partial charge in [0.25, 0.3) is 5.91 Å². The largest absolute Gasteiger partial charge is 0.451 e. The Morgan fingerprint density at radius 3 is 2.95 bits per heavy atom. The van der Waals surface area contributed by atoms with E-state index in [0.29, 0.717) is 23.1 Å². The molecule has 2 heterocycles. The molecule has 2 N–H and O–H groups in total. The number of anilines is 1. The van der Waals surface area contributed by atoms with Gasteiger partial charge in [-0.3, -0.25) is 4.79 Å². The molecule has 1 aromatic heterocycles. The molecule has 5 nitrogen and oxygen atoms in total. The van der Waals surface area contributed by atoms with Gasteiger partial charge >= 0.3 is 0 Å². The number of amides is 1. The first kappa shape index (κ1) is 13.9. The fourth-order valence-electron chi connectivity index (χ4n) is 2.88. The van der Waals surface area contributed by atoms with Gasteiger partial charge in [-0.2, -0.15) is 0 Å². The summed E-state index contributed by atoms with van der Waals surface area (Å²) in [5, 5.41) is 0.875. The van der Waals surface area contributed by atoms with Crippen LogP contribution in [0.4, 0.5) is 5.69 Å². The van der Waals surface area contributed by atoms with Crippen molar-refractivity contribution < 1.29 is 9.21 Å². The zero-order valence-electron chi connectivity index (χ0n) is 12.5. The van der Waals surface area contributed by atoms with Crippen LogP contribution in [0.2, 0.25) is 0 Å². The Labute approximate surface area is 124 Å². The van der Waals surface area contributed by atoms with E-state index in [0.717, 1.165) is 31.3 Å². The summed E-state index contributed by atoms with van der Waals surface area (Å²) in [5.41, 5.74) is 7.14. The van der Waals surface area contributed by atoms with Crippen LogP contribution in [0.5, 0.6) is 0 Å². The Balaban J connectivity index is 1.82. The normalized spacial score (nSPS) is 19.4. The highest BCUT2D eigenvalue weighted by Crippen LogP contribution is 2.24. The predicted octanol–water partition coefficient (Wildman–Crippen LogP) is 2.18. The Morgan fingerprint density at radius 1 is 1.38 bits per heavy atom. The van der Waals surface area contributed by atoms with E-state index in [1.54, 1.807) is 18.2 Å². The lowest BCUT2D eigenvalue weighted by molar-refractivity contribution is 0.0606. The molecule has 1 aliphatic rings. The number of hydrogen-bond donors (Lipinski definition) is 1. The van der Waals surface area contributed by atoms with E-state index >= 15 is 0 Å². The number of likely N-dealkylation sites (tertiary alicyclic amines) is 1. The van der Waals surface area contributed by atoms with Gasteiger partial charge in [0, 0.05) is 30.2 Å². The van der Waals surface area contributed by atoms with Crippen molar-refractivity contribution in [3.63, 3.8) is 0 Å². The maximum Gasteiger partial charge on any atom is 0.289 e. The third-order valence-electron chi connectivity index (χ3n) is 4.17. The average Bonchev–Trinajstić information content (AvgIpc) is 2.89. The van der Waals surface area contributed by atoms with E-state index in [2.05, 4.69) is 19.0 Å². The highest BCUT2D eigenvalue weighted by molar-refractivity contribution is 5.96. The van der Waals surface area contributed by atoms with Crippen LogP contribution in [0.3, 0.4) is 0 Å². The molecule has 0 spiro atoms. The third kappa shape index (κ3) is 2.74. The molecule has 1 fully saturated rings. The number of nitrogens with two attached hydrogens (primary N) is 1. The van der Waals surface area contributed by atoms with E-state index in [-0.39, 0.29) is 5.91 Å². The van der Waals surface area contributed by atoms with Gasteiger partial charge in [-0.05, 0) is 51.2 Å². The number of furan rings is 1. The van der Waals surface area contributed by atoms with E-state index < -0.39 is 0 Å². The van der Waals surface area contributed by atoms with Crippen molar-refractivity contribution in [3.8, 4) is 0 Å². The summed E-state index contributed by atoms with van der Waals surface area (Å²) < 4.78 is 5.67. The first-order valence-corrected chi connectivity index (χ1v) is 7.29. The Hall–Kier alpha value is -2.01. The molecule has 2 aromatic rings. The minimum atomic E-state index is -0.0312. The maximum atomic E-state index is 12.6.